The van der Waals surface area contributed by atoms with Crippen LogP contribution in [0.2, 0.25) is 0 Å². The number of carbonyl (C=O) groups excluding carboxylic acids is 2. The molecule has 1 saturated heterocycles. The number of aromatic nitrogens is 1. The molecule has 2 amide bonds. The van der Waals surface area contributed by atoms with Gasteiger partial charge in [-0.05, 0) is 29.5 Å². The van der Waals surface area contributed by atoms with Crippen molar-refractivity contribution in [3.8, 4) is 0 Å². The number of hydrogen-bond acceptors (Lipinski definition) is 3. The molecule has 3 aromatic rings. The average Bonchev–Trinajstić information content (AvgIpc) is 3.36. The van der Waals surface area contributed by atoms with Gasteiger partial charge in [0.2, 0.25) is 11.8 Å². The van der Waals surface area contributed by atoms with Gasteiger partial charge in [-0.25, -0.2) is 0 Å². The number of hydrogen-bond donors (Lipinski definition) is 1. The summed E-state index contributed by atoms with van der Waals surface area (Å²) in [6, 6.07) is 11.7. The maximum absolute atomic E-state index is 13.3. The number of thiophene rings is 1. The maximum atomic E-state index is 13.3. The first kappa shape index (κ1) is 17.5. The van der Waals surface area contributed by atoms with Crippen molar-refractivity contribution >= 4 is 34.1 Å². The van der Waals surface area contributed by atoms with Gasteiger partial charge in [-0.1, -0.05) is 37.6 Å². The molecule has 0 bridgehead atoms. The third-order valence-electron chi connectivity index (χ3n) is 5.94. The Morgan fingerprint density at radius 2 is 2.04 bits per heavy atom. The molecule has 0 radical (unpaired) electrons. The Kier molecular flexibility index (Phi) is 4.23. The van der Waals surface area contributed by atoms with Gasteiger partial charge in [0.05, 0.1) is 6.54 Å². The van der Waals surface area contributed by atoms with Crippen molar-refractivity contribution in [2.24, 2.45) is 0 Å². The van der Waals surface area contributed by atoms with Crippen molar-refractivity contribution in [2.45, 2.75) is 38.3 Å². The van der Waals surface area contributed by atoms with E-state index >= 15 is 0 Å². The number of nitrogens with zero attached hydrogens (tertiary/aromatic N) is 2. The van der Waals surface area contributed by atoms with Crippen LogP contribution in [0.25, 0.3) is 10.9 Å². The number of rotatable bonds is 4. The van der Waals surface area contributed by atoms with Gasteiger partial charge in [0.1, 0.15) is 12.1 Å². The van der Waals surface area contributed by atoms with E-state index in [9.17, 15) is 9.59 Å². The smallest absolute Gasteiger partial charge is 0.246 e. The monoisotopic (exact) mass is 393 g/mol. The lowest BCUT2D eigenvalue weighted by Crippen LogP contribution is -2.63. The van der Waals surface area contributed by atoms with Gasteiger partial charge in [0, 0.05) is 34.4 Å². The van der Waals surface area contributed by atoms with Gasteiger partial charge in [-0.2, -0.15) is 0 Å². The summed E-state index contributed by atoms with van der Waals surface area (Å²) >= 11 is 1.64. The van der Waals surface area contributed by atoms with Gasteiger partial charge in [-0.3, -0.25) is 9.59 Å². The third-order valence-corrected chi connectivity index (χ3v) is 6.86. The Labute approximate surface area is 168 Å². The summed E-state index contributed by atoms with van der Waals surface area (Å²) in [5, 5.41) is 3.19. The number of amides is 2. The van der Waals surface area contributed by atoms with E-state index < -0.39 is 6.04 Å². The fraction of sp³-hybridized carbons (Fsp3) is 0.364. The van der Waals surface area contributed by atoms with Crippen molar-refractivity contribution in [1.82, 2.24) is 14.8 Å². The Balaban J connectivity index is 1.65. The van der Waals surface area contributed by atoms with E-state index in [1.807, 2.05) is 28.5 Å². The number of carbonyl (C=O) groups is 2. The first-order chi connectivity index (χ1) is 13.7. The molecule has 2 aromatic heterocycles. The molecule has 5 rings (SSSR count). The highest BCUT2D eigenvalue weighted by molar-refractivity contribution is 7.10. The molecule has 2 aliphatic heterocycles. The number of piperazine rings is 1. The van der Waals surface area contributed by atoms with Gasteiger partial charge >= 0.3 is 0 Å². The van der Waals surface area contributed by atoms with Crippen LogP contribution in [0.1, 0.15) is 41.9 Å². The molecule has 144 valence electrons. The van der Waals surface area contributed by atoms with Crippen LogP contribution >= 0.6 is 11.3 Å². The lowest BCUT2D eigenvalue weighted by atomic mass is 9.88. The van der Waals surface area contributed by atoms with Crippen LogP contribution < -0.4 is 0 Å². The minimum Gasteiger partial charge on any atom is -0.356 e. The summed E-state index contributed by atoms with van der Waals surface area (Å²) < 4.78 is 0. The van der Waals surface area contributed by atoms with E-state index in [2.05, 4.69) is 30.1 Å². The molecule has 0 aliphatic carbocycles. The Morgan fingerprint density at radius 1 is 1.18 bits per heavy atom. The zero-order chi connectivity index (χ0) is 19.3. The SMILES string of the molecule is CCCCN1CC(=O)N2[C@@H](c3cccs3)c3[nH]c4ccccc4c3C[C@@H]2C1=O. The molecule has 0 saturated carbocycles. The van der Waals surface area contributed by atoms with Gasteiger partial charge in [-0.15, -0.1) is 11.3 Å². The molecule has 1 aromatic carbocycles. The molecular weight excluding hydrogens is 370 g/mol. The molecule has 1 fully saturated rings. The lowest BCUT2D eigenvalue weighted by Gasteiger charge is -2.46. The van der Waals surface area contributed by atoms with Gasteiger partial charge in [0.15, 0.2) is 0 Å². The van der Waals surface area contributed by atoms with E-state index in [1.54, 1.807) is 16.2 Å². The van der Waals surface area contributed by atoms with Crippen molar-refractivity contribution in [1.29, 1.82) is 0 Å². The van der Waals surface area contributed by atoms with E-state index in [0.29, 0.717) is 13.0 Å². The Hall–Kier alpha value is -2.60. The highest BCUT2D eigenvalue weighted by Crippen LogP contribution is 2.43. The van der Waals surface area contributed by atoms with Crippen molar-refractivity contribution < 1.29 is 9.59 Å². The predicted octanol–water partition coefficient (Wildman–Crippen LogP) is 3.71. The van der Waals surface area contributed by atoms with Crippen LogP contribution in [-0.4, -0.2) is 45.7 Å². The molecule has 5 nitrogen and oxygen atoms in total. The maximum Gasteiger partial charge on any atom is 0.246 e. The number of aromatic amines is 1. The standard InChI is InChI=1S/C22H23N3O2S/c1-2-3-10-24-13-19(26)25-17(22(24)27)12-15-14-7-4-5-8-16(14)23-20(15)21(25)18-9-6-11-28-18/h4-9,11,17,21,23H,2-3,10,12-13H2,1H3/t17-,21+/m1/s1. The molecule has 6 heteroatoms. The second kappa shape index (κ2) is 6.78. The number of fused-ring (bicyclic) bond motifs is 4. The molecule has 0 unspecified atom stereocenters. The minimum atomic E-state index is -0.420. The number of benzene rings is 1. The zero-order valence-corrected chi connectivity index (χ0v) is 16.7. The molecular formula is C22H23N3O2S. The van der Waals surface area contributed by atoms with Crippen LogP contribution in [0.3, 0.4) is 0 Å². The summed E-state index contributed by atoms with van der Waals surface area (Å²) in [6.07, 6.45) is 2.52. The fourth-order valence-corrected chi connectivity index (χ4v) is 5.44. The summed E-state index contributed by atoms with van der Waals surface area (Å²) in [4.78, 5) is 34.8. The van der Waals surface area contributed by atoms with Gasteiger partial charge < -0.3 is 14.8 Å². The van der Waals surface area contributed by atoms with Crippen LogP contribution in [0, 0.1) is 0 Å². The van der Waals surface area contributed by atoms with Crippen LogP contribution in [0.15, 0.2) is 41.8 Å². The van der Waals surface area contributed by atoms with E-state index in [1.165, 1.54) is 5.56 Å². The number of nitrogens with one attached hydrogen (secondary N) is 1. The first-order valence-electron chi connectivity index (χ1n) is 9.92. The molecule has 0 spiro atoms. The highest BCUT2D eigenvalue weighted by atomic mass is 32.1. The molecule has 1 N–H and O–H groups in total. The second-order valence-corrected chi connectivity index (χ2v) is 8.59. The topological polar surface area (TPSA) is 56.4 Å². The first-order valence-corrected chi connectivity index (χ1v) is 10.8. The Morgan fingerprint density at radius 3 is 2.82 bits per heavy atom. The third kappa shape index (κ3) is 2.58. The van der Waals surface area contributed by atoms with Gasteiger partial charge in [0.25, 0.3) is 0 Å². The minimum absolute atomic E-state index is 0.0448. The Bertz CT molecular complexity index is 1040. The van der Waals surface area contributed by atoms with E-state index in [4.69, 9.17) is 0 Å². The summed E-state index contributed by atoms with van der Waals surface area (Å²) in [7, 11) is 0. The van der Waals surface area contributed by atoms with Crippen molar-refractivity contribution in [3.63, 3.8) is 0 Å². The van der Waals surface area contributed by atoms with Crippen molar-refractivity contribution in [3.05, 3.63) is 57.9 Å². The predicted molar refractivity (Wildman–Crippen MR) is 110 cm³/mol. The number of para-hydroxylation sites is 1. The lowest BCUT2D eigenvalue weighted by molar-refractivity contribution is -0.158. The van der Waals surface area contributed by atoms with Crippen molar-refractivity contribution in [2.75, 3.05) is 13.1 Å². The molecule has 28 heavy (non-hydrogen) atoms. The zero-order valence-electron chi connectivity index (χ0n) is 15.9. The quantitative estimate of drug-likeness (QED) is 0.735. The second-order valence-electron chi connectivity index (χ2n) is 7.62. The normalized spacial score (nSPS) is 21.9. The fourth-order valence-electron chi connectivity index (χ4n) is 4.61. The summed E-state index contributed by atoms with van der Waals surface area (Å²) in [5.41, 5.74) is 3.30. The largest absolute Gasteiger partial charge is 0.356 e. The number of unbranched alkanes of at least 4 members (excludes halogenated alkanes) is 1. The molecule has 2 atom stereocenters. The average molecular weight is 394 g/mol. The van der Waals surface area contributed by atoms with Crippen LogP contribution in [0.5, 0.6) is 0 Å². The number of H-pyrrole nitrogens is 1. The van der Waals surface area contributed by atoms with E-state index in [0.717, 1.165) is 34.3 Å². The van der Waals surface area contributed by atoms with E-state index in [-0.39, 0.29) is 24.4 Å². The van der Waals surface area contributed by atoms with Crippen LogP contribution in [0.4, 0.5) is 0 Å². The molecule has 2 aliphatic rings. The summed E-state index contributed by atoms with van der Waals surface area (Å²) in [6.45, 7) is 2.96. The highest BCUT2D eigenvalue weighted by Gasteiger charge is 2.48. The van der Waals surface area contributed by atoms with Crippen LogP contribution in [-0.2, 0) is 16.0 Å². The summed E-state index contributed by atoms with van der Waals surface area (Å²) in [5.74, 6) is 0.133. The molecule has 4 heterocycles.